The highest BCUT2D eigenvalue weighted by Gasteiger charge is 2.32. The van der Waals surface area contributed by atoms with Crippen molar-refractivity contribution in [3.05, 3.63) is 28.5 Å². The second-order valence-electron chi connectivity index (χ2n) is 4.17. The molecule has 0 spiro atoms. The number of primary amides is 1. The summed E-state index contributed by atoms with van der Waals surface area (Å²) in [4.78, 5) is 10.5. The van der Waals surface area contributed by atoms with Gasteiger partial charge in [0, 0.05) is 4.47 Å². The van der Waals surface area contributed by atoms with E-state index in [0.717, 1.165) is 12.1 Å². The fraction of sp³-hybridized carbons (Fsp3) is 0.300. The molecule has 0 saturated heterocycles. The highest BCUT2D eigenvalue weighted by molar-refractivity contribution is 9.10. The van der Waals surface area contributed by atoms with E-state index in [0.29, 0.717) is 4.47 Å². The first-order chi connectivity index (χ1) is 8.06. The molecule has 1 rings (SSSR count). The van der Waals surface area contributed by atoms with Gasteiger partial charge in [0.2, 0.25) is 15.9 Å². The standard InChI is InChI=1S/C10H12BrFN2O3S/c1-10(2,9(13)15)14-18(16,17)8-4-3-6(11)5-7(8)12/h3-5,14H,1-2H3,(H2,13,15). The SMILES string of the molecule is CC(C)(NS(=O)(=O)c1ccc(Br)cc1F)C(N)=O. The molecular weight excluding hydrogens is 327 g/mol. The summed E-state index contributed by atoms with van der Waals surface area (Å²) in [6.45, 7) is 2.59. The molecule has 0 aliphatic heterocycles. The van der Waals surface area contributed by atoms with Gasteiger partial charge in [-0.25, -0.2) is 12.8 Å². The summed E-state index contributed by atoms with van der Waals surface area (Å²) in [6, 6.07) is 3.50. The lowest BCUT2D eigenvalue weighted by molar-refractivity contribution is -0.122. The predicted molar refractivity (Wildman–Crippen MR) is 67.7 cm³/mol. The molecule has 1 amide bonds. The van der Waals surface area contributed by atoms with Gasteiger partial charge in [0.1, 0.15) is 16.3 Å². The molecular formula is C10H12BrFN2O3S. The van der Waals surface area contributed by atoms with E-state index in [1.54, 1.807) is 0 Å². The van der Waals surface area contributed by atoms with E-state index >= 15 is 0 Å². The fourth-order valence-corrected chi connectivity index (χ4v) is 2.91. The Bertz CT molecular complexity index is 587. The van der Waals surface area contributed by atoms with Crippen LogP contribution in [0.2, 0.25) is 0 Å². The number of sulfonamides is 1. The van der Waals surface area contributed by atoms with Crippen LogP contribution in [0.3, 0.4) is 0 Å². The summed E-state index contributed by atoms with van der Waals surface area (Å²) < 4.78 is 39.8. The van der Waals surface area contributed by atoms with Gasteiger partial charge in [0.05, 0.1) is 0 Å². The van der Waals surface area contributed by atoms with E-state index in [4.69, 9.17) is 5.73 Å². The third-order valence-electron chi connectivity index (χ3n) is 2.19. The smallest absolute Gasteiger partial charge is 0.244 e. The van der Waals surface area contributed by atoms with Crippen LogP contribution in [0, 0.1) is 5.82 Å². The largest absolute Gasteiger partial charge is 0.368 e. The van der Waals surface area contributed by atoms with Crippen LogP contribution >= 0.6 is 15.9 Å². The molecule has 0 bridgehead atoms. The van der Waals surface area contributed by atoms with Crippen LogP contribution in [-0.4, -0.2) is 19.9 Å². The molecule has 0 unspecified atom stereocenters. The van der Waals surface area contributed by atoms with Gasteiger partial charge < -0.3 is 5.73 Å². The van der Waals surface area contributed by atoms with Gasteiger partial charge in [-0.1, -0.05) is 15.9 Å². The molecule has 1 aromatic rings. The Morgan fingerprint density at radius 3 is 2.44 bits per heavy atom. The number of rotatable bonds is 4. The van der Waals surface area contributed by atoms with E-state index in [1.165, 1.54) is 19.9 Å². The fourth-order valence-electron chi connectivity index (χ4n) is 1.13. The van der Waals surface area contributed by atoms with Crippen LogP contribution in [0.5, 0.6) is 0 Å². The molecule has 0 heterocycles. The molecule has 0 aliphatic carbocycles. The Morgan fingerprint density at radius 1 is 1.44 bits per heavy atom. The van der Waals surface area contributed by atoms with Crippen molar-refractivity contribution in [3.63, 3.8) is 0 Å². The zero-order chi connectivity index (χ0) is 14.1. The molecule has 0 aromatic heterocycles. The van der Waals surface area contributed by atoms with Crippen LogP contribution < -0.4 is 10.5 Å². The molecule has 0 fully saturated rings. The van der Waals surface area contributed by atoms with Crippen LogP contribution in [0.1, 0.15) is 13.8 Å². The van der Waals surface area contributed by atoms with Gasteiger partial charge in [-0.15, -0.1) is 0 Å². The second kappa shape index (κ2) is 4.94. The lowest BCUT2D eigenvalue weighted by Gasteiger charge is -2.22. The van der Waals surface area contributed by atoms with E-state index in [-0.39, 0.29) is 0 Å². The van der Waals surface area contributed by atoms with Gasteiger partial charge >= 0.3 is 0 Å². The monoisotopic (exact) mass is 338 g/mol. The Balaban J connectivity index is 3.19. The molecule has 3 N–H and O–H groups in total. The first-order valence-electron chi connectivity index (χ1n) is 4.85. The third kappa shape index (κ3) is 3.27. The van der Waals surface area contributed by atoms with E-state index in [9.17, 15) is 17.6 Å². The summed E-state index contributed by atoms with van der Waals surface area (Å²) in [5.74, 6) is -1.78. The maximum absolute atomic E-state index is 13.6. The predicted octanol–water partition coefficient (Wildman–Crippen LogP) is 1.13. The van der Waals surface area contributed by atoms with Crippen molar-refractivity contribution in [2.45, 2.75) is 24.3 Å². The van der Waals surface area contributed by atoms with E-state index < -0.39 is 32.2 Å². The summed E-state index contributed by atoms with van der Waals surface area (Å²) in [6.07, 6.45) is 0. The first kappa shape index (κ1) is 15.1. The topological polar surface area (TPSA) is 89.3 Å². The maximum atomic E-state index is 13.6. The molecule has 1 aromatic carbocycles. The molecule has 5 nitrogen and oxygen atoms in total. The van der Waals surface area contributed by atoms with Crippen molar-refractivity contribution >= 4 is 31.9 Å². The van der Waals surface area contributed by atoms with Crippen LogP contribution in [-0.2, 0) is 14.8 Å². The van der Waals surface area contributed by atoms with Crippen molar-refractivity contribution in [2.75, 3.05) is 0 Å². The summed E-state index contributed by atoms with van der Waals surface area (Å²) >= 11 is 3.02. The molecule has 8 heteroatoms. The van der Waals surface area contributed by atoms with Crippen molar-refractivity contribution in [1.82, 2.24) is 4.72 Å². The lowest BCUT2D eigenvalue weighted by atomic mass is 10.1. The van der Waals surface area contributed by atoms with E-state index in [2.05, 4.69) is 20.7 Å². The summed E-state index contributed by atoms with van der Waals surface area (Å²) in [5.41, 5.74) is 3.55. The molecule has 18 heavy (non-hydrogen) atoms. The van der Waals surface area contributed by atoms with Gasteiger partial charge in [-0.05, 0) is 32.0 Å². The average molecular weight is 339 g/mol. The minimum absolute atomic E-state index is 0.410. The number of halogens is 2. The maximum Gasteiger partial charge on any atom is 0.244 e. The Labute approximate surface area is 113 Å². The first-order valence-corrected chi connectivity index (χ1v) is 7.13. The molecule has 0 aliphatic rings. The van der Waals surface area contributed by atoms with Crippen LogP contribution in [0.4, 0.5) is 4.39 Å². The number of carbonyl (C=O) groups excluding carboxylic acids is 1. The Kier molecular flexibility index (Phi) is 4.14. The number of nitrogens with one attached hydrogen (secondary N) is 1. The third-order valence-corrected chi connectivity index (χ3v) is 4.37. The number of carbonyl (C=O) groups is 1. The van der Waals surface area contributed by atoms with Gasteiger partial charge in [-0.2, -0.15) is 4.72 Å². The number of hydrogen-bond donors (Lipinski definition) is 2. The number of amides is 1. The lowest BCUT2D eigenvalue weighted by Crippen LogP contribution is -2.52. The quantitative estimate of drug-likeness (QED) is 0.862. The molecule has 0 radical (unpaired) electrons. The van der Waals surface area contributed by atoms with Gasteiger partial charge in [-0.3, -0.25) is 4.79 Å². The normalized spacial score (nSPS) is 12.4. The zero-order valence-electron chi connectivity index (χ0n) is 9.70. The highest BCUT2D eigenvalue weighted by Crippen LogP contribution is 2.20. The minimum atomic E-state index is -4.16. The number of benzene rings is 1. The van der Waals surface area contributed by atoms with Crippen LogP contribution in [0.15, 0.2) is 27.6 Å². The number of hydrogen-bond acceptors (Lipinski definition) is 3. The summed E-state index contributed by atoms with van der Waals surface area (Å²) in [7, 11) is -4.16. The van der Waals surface area contributed by atoms with E-state index in [1.807, 2.05) is 0 Å². The average Bonchev–Trinajstić information content (AvgIpc) is 2.14. The minimum Gasteiger partial charge on any atom is -0.368 e. The van der Waals surface area contributed by atoms with Gasteiger partial charge in [0.25, 0.3) is 0 Å². The zero-order valence-corrected chi connectivity index (χ0v) is 12.1. The Morgan fingerprint density at radius 2 is 2.00 bits per heavy atom. The molecule has 0 atom stereocenters. The number of nitrogens with two attached hydrogens (primary N) is 1. The van der Waals surface area contributed by atoms with Crippen LogP contribution in [0.25, 0.3) is 0 Å². The van der Waals surface area contributed by atoms with Crippen molar-refractivity contribution in [1.29, 1.82) is 0 Å². The van der Waals surface area contributed by atoms with Crippen molar-refractivity contribution in [3.8, 4) is 0 Å². The molecule has 100 valence electrons. The second-order valence-corrected chi connectivity index (χ2v) is 6.74. The summed E-state index contributed by atoms with van der Waals surface area (Å²) in [5, 5.41) is 0. The highest BCUT2D eigenvalue weighted by atomic mass is 79.9. The Hall–Kier alpha value is -0.990. The van der Waals surface area contributed by atoms with Crippen molar-refractivity contribution < 1.29 is 17.6 Å². The van der Waals surface area contributed by atoms with Crippen molar-refractivity contribution in [2.24, 2.45) is 5.73 Å². The molecule has 0 saturated carbocycles. The van der Waals surface area contributed by atoms with Gasteiger partial charge in [0.15, 0.2) is 0 Å².